The Hall–Kier alpha value is -2.83. The van der Waals surface area contributed by atoms with E-state index in [1.165, 1.54) is 0 Å². The quantitative estimate of drug-likeness (QED) is 0.600. The highest BCUT2D eigenvalue weighted by atomic mass is 35.5. The molecule has 1 fully saturated rings. The molecule has 0 bridgehead atoms. The number of carbonyl (C=O) groups is 1. The van der Waals surface area contributed by atoms with Crippen LogP contribution in [0.4, 0.5) is 0 Å². The maximum atomic E-state index is 12.7. The van der Waals surface area contributed by atoms with E-state index < -0.39 is 0 Å². The molecule has 3 aromatic rings. The van der Waals surface area contributed by atoms with Gasteiger partial charge < -0.3 is 14.6 Å². The molecule has 2 aromatic carbocycles. The van der Waals surface area contributed by atoms with Crippen LogP contribution in [0.15, 0.2) is 59.1 Å². The smallest absolute Gasteiger partial charge is 0.273 e. The maximum Gasteiger partial charge on any atom is 0.273 e. The van der Waals surface area contributed by atoms with Crippen molar-refractivity contribution in [2.45, 2.75) is 18.9 Å². The Labute approximate surface area is 180 Å². The predicted molar refractivity (Wildman–Crippen MR) is 116 cm³/mol. The summed E-state index contributed by atoms with van der Waals surface area (Å²) in [7, 11) is 1.62. The summed E-state index contributed by atoms with van der Waals surface area (Å²) in [4.78, 5) is 15.1. The lowest BCUT2D eigenvalue weighted by Crippen LogP contribution is -2.37. The van der Waals surface area contributed by atoms with Crippen molar-refractivity contribution in [3.8, 4) is 17.1 Å². The number of aromatic nitrogens is 1. The number of hydrogen-bond donors (Lipinski definition) is 1. The van der Waals surface area contributed by atoms with Gasteiger partial charge in [0.1, 0.15) is 5.75 Å². The third kappa shape index (κ3) is 4.50. The van der Waals surface area contributed by atoms with Gasteiger partial charge in [-0.1, -0.05) is 35.0 Å². The van der Waals surface area contributed by atoms with Gasteiger partial charge in [-0.2, -0.15) is 0 Å². The van der Waals surface area contributed by atoms with Crippen LogP contribution < -0.4 is 10.1 Å². The Balaban J connectivity index is 1.46. The van der Waals surface area contributed by atoms with Crippen molar-refractivity contribution in [1.29, 1.82) is 0 Å². The lowest BCUT2D eigenvalue weighted by Gasteiger charge is -2.28. The van der Waals surface area contributed by atoms with Gasteiger partial charge in [-0.25, -0.2) is 0 Å². The number of ether oxygens (including phenoxy) is 1. The van der Waals surface area contributed by atoms with Crippen LogP contribution in [-0.4, -0.2) is 42.7 Å². The van der Waals surface area contributed by atoms with Crippen molar-refractivity contribution in [1.82, 2.24) is 15.4 Å². The molecule has 1 aliphatic rings. The van der Waals surface area contributed by atoms with Crippen molar-refractivity contribution in [3.05, 3.63) is 70.9 Å². The van der Waals surface area contributed by atoms with E-state index in [0.29, 0.717) is 17.3 Å². The first kappa shape index (κ1) is 20.4. The lowest BCUT2D eigenvalue weighted by molar-refractivity contribution is 0.0929. The zero-order valence-electron chi connectivity index (χ0n) is 16.8. The van der Waals surface area contributed by atoms with Crippen LogP contribution in [0.2, 0.25) is 5.02 Å². The molecule has 2 heterocycles. The monoisotopic (exact) mass is 425 g/mol. The number of benzene rings is 2. The fourth-order valence-corrected chi connectivity index (χ4v) is 4.05. The van der Waals surface area contributed by atoms with Crippen molar-refractivity contribution < 1.29 is 14.1 Å². The van der Waals surface area contributed by atoms with Crippen molar-refractivity contribution in [3.63, 3.8) is 0 Å². The van der Waals surface area contributed by atoms with Gasteiger partial charge >= 0.3 is 0 Å². The van der Waals surface area contributed by atoms with E-state index >= 15 is 0 Å². The van der Waals surface area contributed by atoms with Crippen LogP contribution in [0.1, 0.15) is 34.9 Å². The minimum absolute atomic E-state index is 0.0260. The van der Waals surface area contributed by atoms with Crippen molar-refractivity contribution in [2.24, 2.45) is 0 Å². The van der Waals surface area contributed by atoms with Crippen molar-refractivity contribution in [2.75, 3.05) is 26.7 Å². The summed E-state index contributed by atoms with van der Waals surface area (Å²) in [5, 5.41) is 7.66. The molecule has 30 heavy (non-hydrogen) atoms. The predicted octanol–water partition coefficient (Wildman–Crippen LogP) is 4.57. The second-order valence-electron chi connectivity index (χ2n) is 7.30. The third-order valence-corrected chi connectivity index (χ3v) is 5.76. The van der Waals surface area contributed by atoms with E-state index in [4.69, 9.17) is 20.9 Å². The topological polar surface area (TPSA) is 67.6 Å². The number of carbonyl (C=O) groups excluding carboxylic acids is 1. The van der Waals surface area contributed by atoms with Crippen LogP contribution in [0.5, 0.6) is 5.75 Å². The molecule has 1 N–H and O–H groups in total. The first-order chi connectivity index (χ1) is 14.7. The van der Waals surface area contributed by atoms with E-state index in [9.17, 15) is 4.79 Å². The van der Waals surface area contributed by atoms with Gasteiger partial charge in [-0.05, 0) is 61.8 Å². The van der Waals surface area contributed by atoms with Gasteiger partial charge in [0.05, 0.1) is 13.2 Å². The molecule has 0 spiro atoms. The third-order valence-electron chi connectivity index (χ3n) is 5.42. The van der Waals surface area contributed by atoms with Gasteiger partial charge in [-0.15, -0.1) is 0 Å². The largest absolute Gasteiger partial charge is 0.497 e. The molecule has 0 aliphatic carbocycles. The number of rotatable bonds is 7. The summed E-state index contributed by atoms with van der Waals surface area (Å²) < 4.78 is 10.5. The molecule has 1 aromatic heterocycles. The molecule has 4 rings (SSSR count). The molecule has 1 atom stereocenters. The molecule has 0 unspecified atom stereocenters. The van der Waals surface area contributed by atoms with E-state index in [1.54, 1.807) is 13.2 Å². The minimum atomic E-state index is -0.269. The number of likely N-dealkylation sites (tertiary alicyclic amines) is 1. The molecule has 1 saturated heterocycles. The van der Waals surface area contributed by atoms with E-state index in [0.717, 1.165) is 42.8 Å². The highest BCUT2D eigenvalue weighted by Gasteiger charge is 2.26. The first-order valence-electron chi connectivity index (χ1n) is 10.0. The Bertz CT molecular complexity index is 997. The zero-order chi connectivity index (χ0) is 20.9. The SMILES string of the molecule is COc1ccc(-c2cc(C(=O)NC[C@@H](c3ccccc3Cl)N3CCCC3)no2)cc1. The van der Waals surface area contributed by atoms with Crippen molar-refractivity contribution >= 4 is 17.5 Å². The highest BCUT2D eigenvalue weighted by molar-refractivity contribution is 6.31. The van der Waals surface area contributed by atoms with Crippen LogP contribution in [0, 0.1) is 0 Å². The molecule has 156 valence electrons. The molecule has 0 radical (unpaired) electrons. The molecular weight excluding hydrogens is 402 g/mol. The number of halogens is 1. The van der Waals surface area contributed by atoms with Crippen LogP contribution in [0.25, 0.3) is 11.3 Å². The van der Waals surface area contributed by atoms with E-state index in [2.05, 4.69) is 15.4 Å². The zero-order valence-corrected chi connectivity index (χ0v) is 17.6. The summed E-state index contributed by atoms with van der Waals surface area (Å²) in [6.45, 7) is 2.45. The Morgan fingerprint density at radius 3 is 2.63 bits per heavy atom. The normalized spacial score (nSPS) is 15.1. The number of nitrogens with one attached hydrogen (secondary N) is 1. The number of methoxy groups -OCH3 is 1. The van der Waals surface area contributed by atoms with Gasteiger partial charge in [0.25, 0.3) is 5.91 Å². The average Bonchev–Trinajstić information content (AvgIpc) is 3.48. The summed E-state index contributed by atoms with van der Waals surface area (Å²) in [6, 6.07) is 16.9. The summed E-state index contributed by atoms with van der Waals surface area (Å²) >= 11 is 6.45. The summed E-state index contributed by atoms with van der Waals surface area (Å²) in [5.41, 5.74) is 2.11. The summed E-state index contributed by atoms with van der Waals surface area (Å²) in [6.07, 6.45) is 2.31. The van der Waals surface area contributed by atoms with E-state index in [-0.39, 0.29) is 17.6 Å². The van der Waals surface area contributed by atoms with Crippen LogP contribution in [-0.2, 0) is 0 Å². The molecular formula is C23H24ClN3O3. The van der Waals surface area contributed by atoms with Crippen LogP contribution >= 0.6 is 11.6 Å². The molecule has 1 aliphatic heterocycles. The lowest BCUT2D eigenvalue weighted by atomic mass is 10.1. The Morgan fingerprint density at radius 1 is 1.20 bits per heavy atom. The molecule has 0 saturated carbocycles. The second kappa shape index (κ2) is 9.32. The van der Waals surface area contributed by atoms with Gasteiger partial charge in [0.2, 0.25) is 0 Å². The van der Waals surface area contributed by atoms with Crippen LogP contribution in [0.3, 0.4) is 0 Å². The fraction of sp³-hybridized carbons (Fsp3) is 0.304. The summed E-state index contributed by atoms with van der Waals surface area (Å²) in [5.74, 6) is 1.02. The van der Waals surface area contributed by atoms with Gasteiger partial charge in [0, 0.05) is 23.2 Å². The average molecular weight is 426 g/mol. The number of nitrogens with zero attached hydrogens (tertiary/aromatic N) is 2. The first-order valence-corrected chi connectivity index (χ1v) is 10.4. The molecule has 1 amide bonds. The number of hydrogen-bond acceptors (Lipinski definition) is 5. The molecule has 6 nitrogen and oxygen atoms in total. The fourth-order valence-electron chi connectivity index (χ4n) is 3.79. The number of amides is 1. The second-order valence-corrected chi connectivity index (χ2v) is 7.70. The Morgan fingerprint density at radius 2 is 1.93 bits per heavy atom. The minimum Gasteiger partial charge on any atom is -0.497 e. The highest BCUT2D eigenvalue weighted by Crippen LogP contribution is 2.30. The standard InChI is InChI=1S/C23H24ClN3O3/c1-29-17-10-8-16(9-11-17)22-14-20(26-30-22)23(28)25-15-21(27-12-4-5-13-27)18-6-2-3-7-19(18)24/h2-3,6-11,14,21H,4-5,12-13,15H2,1H3,(H,25,28)/t21-/m0/s1. The van der Waals surface area contributed by atoms with E-state index in [1.807, 2.05) is 48.5 Å². The molecule has 7 heteroatoms. The van der Waals surface area contributed by atoms with Gasteiger partial charge in [0.15, 0.2) is 11.5 Å². The maximum absolute atomic E-state index is 12.7. The van der Waals surface area contributed by atoms with Gasteiger partial charge in [-0.3, -0.25) is 9.69 Å². The Kier molecular flexibility index (Phi) is 6.35.